The van der Waals surface area contributed by atoms with Crippen LogP contribution in [0.15, 0.2) is 30.3 Å². The van der Waals surface area contributed by atoms with E-state index in [1.165, 1.54) is 0 Å². The Morgan fingerprint density at radius 1 is 1.10 bits per heavy atom. The first-order valence-corrected chi connectivity index (χ1v) is 10.1. The van der Waals surface area contributed by atoms with E-state index >= 15 is 0 Å². The predicted octanol–water partition coefficient (Wildman–Crippen LogP) is 3.85. The number of Topliss-reactive ketones (excluding diaryl/α,β-unsaturated/α-hetero) is 1. The molecular formula is C23H28N2O4. The standard InChI is InChI=1S/C23H28N2O4/c1-5-29-23(28)18-16(4)24-20(19(18)17-9-7-6-8-10-17)21(26)22(27)25-12-14(2)11-15(3)13-25/h6-10,14-15,24H,5,11-13H2,1-4H3/t14-,15+. The summed E-state index contributed by atoms with van der Waals surface area (Å²) < 4.78 is 5.20. The van der Waals surface area contributed by atoms with Gasteiger partial charge < -0.3 is 14.6 Å². The van der Waals surface area contributed by atoms with Gasteiger partial charge in [-0.05, 0) is 37.7 Å². The molecular weight excluding hydrogens is 368 g/mol. The van der Waals surface area contributed by atoms with Crippen molar-refractivity contribution >= 4 is 17.7 Å². The fraction of sp³-hybridized carbons (Fsp3) is 0.435. The van der Waals surface area contributed by atoms with Gasteiger partial charge in [0, 0.05) is 24.3 Å². The van der Waals surface area contributed by atoms with E-state index in [-0.39, 0.29) is 12.3 Å². The molecule has 2 atom stereocenters. The smallest absolute Gasteiger partial charge is 0.340 e. The lowest BCUT2D eigenvalue weighted by molar-refractivity contribution is -0.129. The number of piperidine rings is 1. The van der Waals surface area contributed by atoms with Crippen LogP contribution in [0.4, 0.5) is 0 Å². The number of likely N-dealkylation sites (tertiary alicyclic amines) is 1. The number of hydrogen-bond donors (Lipinski definition) is 1. The summed E-state index contributed by atoms with van der Waals surface area (Å²) in [5, 5.41) is 0. The summed E-state index contributed by atoms with van der Waals surface area (Å²) in [7, 11) is 0. The summed E-state index contributed by atoms with van der Waals surface area (Å²) >= 11 is 0. The van der Waals surface area contributed by atoms with E-state index in [1.54, 1.807) is 18.7 Å². The Morgan fingerprint density at radius 3 is 2.31 bits per heavy atom. The predicted molar refractivity (Wildman–Crippen MR) is 111 cm³/mol. The van der Waals surface area contributed by atoms with Crippen LogP contribution in [0.2, 0.25) is 0 Å². The highest BCUT2D eigenvalue weighted by Gasteiger charge is 2.34. The minimum Gasteiger partial charge on any atom is -0.462 e. The molecule has 0 unspecified atom stereocenters. The molecule has 6 heteroatoms. The van der Waals surface area contributed by atoms with Crippen molar-refractivity contribution in [3.05, 3.63) is 47.3 Å². The Hall–Kier alpha value is -2.89. The first kappa shape index (κ1) is 20.8. The van der Waals surface area contributed by atoms with Gasteiger partial charge in [0.05, 0.1) is 12.2 Å². The van der Waals surface area contributed by atoms with Gasteiger partial charge in [-0.15, -0.1) is 0 Å². The number of aryl methyl sites for hydroxylation is 1. The van der Waals surface area contributed by atoms with Gasteiger partial charge in [-0.3, -0.25) is 9.59 Å². The lowest BCUT2D eigenvalue weighted by atomic mass is 9.91. The number of nitrogens with one attached hydrogen (secondary N) is 1. The van der Waals surface area contributed by atoms with E-state index in [2.05, 4.69) is 18.8 Å². The number of amides is 1. The number of carbonyl (C=O) groups excluding carboxylic acids is 3. The van der Waals surface area contributed by atoms with Crippen molar-refractivity contribution in [1.82, 2.24) is 9.88 Å². The summed E-state index contributed by atoms with van der Waals surface area (Å²) in [6.45, 7) is 8.99. The fourth-order valence-electron chi connectivity index (χ4n) is 4.23. The van der Waals surface area contributed by atoms with Crippen LogP contribution in [-0.4, -0.2) is 47.2 Å². The van der Waals surface area contributed by atoms with Crippen LogP contribution in [-0.2, 0) is 9.53 Å². The molecule has 1 aromatic heterocycles. The van der Waals surface area contributed by atoms with Crippen molar-refractivity contribution < 1.29 is 19.1 Å². The van der Waals surface area contributed by atoms with Crippen molar-refractivity contribution in [2.45, 2.75) is 34.1 Å². The molecule has 1 amide bonds. The van der Waals surface area contributed by atoms with E-state index in [1.807, 2.05) is 30.3 Å². The molecule has 29 heavy (non-hydrogen) atoms. The van der Waals surface area contributed by atoms with E-state index in [0.29, 0.717) is 47.3 Å². The Bertz CT molecular complexity index is 906. The quantitative estimate of drug-likeness (QED) is 0.473. The van der Waals surface area contributed by atoms with Crippen molar-refractivity contribution in [3.8, 4) is 11.1 Å². The first-order chi connectivity index (χ1) is 13.8. The number of H-pyrrole nitrogens is 1. The number of benzene rings is 1. The minimum atomic E-state index is -0.621. The van der Waals surface area contributed by atoms with Gasteiger partial charge in [-0.1, -0.05) is 44.2 Å². The number of esters is 1. The number of rotatable bonds is 5. The lowest BCUT2D eigenvalue weighted by Gasteiger charge is -2.34. The lowest BCUT2D eigenvalue weighted by Crippen LogP contribution is -2.45. The molecule has 3 rings (SSSR count). The molecule has 6 nitrogen and oxygen atoms in total. The van der Waals surface area contributed by atoms with Crippen molar-refractivity contribution in [2.24, 2.45) is 11.8 Å². The summed E-state index contributed by atoms with van der Waals surface area (Å²) in [5.41, 5.74) is 2.08. The summed E-state index contributed by atoms with van der Waals surface area (Å²) in [4.78, 5) is 43.5. The second kappa shape index (κ2) is 8.64. The number of nitrogens with zero attached hydrogens (tertiary/aromatic N) is 1. The average Bonchev–Trinajstić information content (AvgIpc) is 3.04. The molecule has 1 aromatic carbocycles. The highest BCUT2D eigenvalue weighted by molar-refractivity contribution is 6.43. The van der Waals surface area contributed by atoms with Crippen molar-refractivity contribution in [3.63, 3.8) is 0 Å². The molecule has 0 bridgehead atoms. The van der Waals surface area contributed by atoms with Gasteiger partial charge in [0.2, 0.25) is 0 Å². The molecule has 1 aliphatic heterocycles. The molecule has 0 saturated carbocycles. The maximum absolute atomic E-state index is 13.2. The monoisotopic (exact) mass is 396 g/mol. The van der Waals surface area contributed by atoms with E-state index in [9.17, 15) is 14.4 Å². The van der Waals surface area contributed by atoms with Gasteiger partial charge in [-0.25, -0.2) is 4.79 Å². The van der Waals surface area contributed by atoms with Crippen LogP contribution in [0, 0.1) is 18.8 Å². The Kier molecular flexibility index (Phi) is 6.20. The molecule has 1 fully saturated rings. The highest BCUT2D eigenvalue weighted by atomic mass is 16.5. The van der Waals surface area contributed by atoms with Crippen LogP contribution in [0.3, 0.4) is 0 Å². The van der Waals surface area contributed by atoms with E-state index in [4.69, 9.17) is 4.74 Å². The van der Waals surface area contributed by atoms with Crippen LogP contribution in [0.1, 0.15) is 53.7 Å². The largest absolute Gasteiger partial charge is 0.462 e. The van der Waals surface area contributed by atoms with Crippen LogP contribution < -0.4 is 0 Å². The van der Waals surface area contributed by atoms with E-state index < -0.39 is 17.7 Å². The molecule has 1 aliphatic rings. The van der Waals surface area contributed by atoms with Crippen LogP contribution in [0.5, 0.6) is 0 Å². The normalized spacial score (nSPS) is 19.1. The van der Waals surface area contributed by atoms with Gasteiger partial charge >= 0.3 is 5.97 Å². The molecule has 154 valence electrons. The molecule has 0 aliphatic carbocycles. The second-order valence-corrected chi connectivity index (χ2v) is 7.95. The second-order valence-electron chi connectivity index (χ2n) is 7.95. The fourth-order valence-corrected chi connectivity index (χ4v) is 4.23. The van der Waals surface area contributed by atoms with Crippen LogP contribution in [0.25, 0.3) is 11.1 Å². The Balaban J connectivity index is 2.04. The molecule has 2 heterocycles. The molecule has 2 aromatic rings. The van der Waals surface area contributed by atoms with E-state index in [0.717, 1.165) is 6.42 Å². The molecule has 1 saturated heterocycles. The summed E-state index contributed by atoms with van der Waals surface area (Å²) in [6, 6.07) is 9.15. The summed E-state index contributed by atoms with van der Waals surface area (Å²) in [5.74, 6) is -0.956. The number of ketones is 1. The average molecular weight is 396 g/mol. The first-order valence-electron chi connectivity index (χ1n) is 10.1. The van der Waals surface area contributed by atoms with Gasteiger partial charge in [-0.2, -0.15) is 0 Å². The number of ether oxygens (including phenoxy) is 1. The minimum absolute atomic E-state index is 0.146. The highest BCUT2D eigenvalue weighted by Crippen LogP contribution is 2.32. The van der Waals surface area contributed by atoms with Gasteiger partial charge in [0.1, 0.15) is 5.69 Å². The van der Waals surface area contributed by atoms with Crippen LogP contribution >= 0.6 is 0 Å². The molecule has 1 N–H and O–H groups in total. The SMILES string of the molecule is CCOC(=O)c1c(C)[nH]c(C(=O)C(=O)N2C[C@H](C)C[C@H](C)C2)c1-c1ccccc1. The number of hydrogen-bond acceptors (Lipinski definition) is 4. The van der Waals surface area contributed by atoms with Gasteiger partial charge in [0.25, 0.3) is 11.7 Å². The maximum Gasteiger partial charge on any atom is 0.340 e. The molecule has 0 radical (unpaired) electrons. The molecule has 0 spiro atoms. The number of carbonyl (C=O) groups is 3. The van der Waals surface area contributed by atoms with Crippen molar-refractivity contribution in [2.75, 3.05) is 19.7 Å². The van der Waals surface area contributed by atoms with Crippen molar-refractivity contribution in [1.29, 1.82) is 0 Å². The maximum atomic E-state index is 13.2. The third-order valence-electron chi connectivity index (χ3n) is 5.31. The van der Waals surface area contributed by atoms with Gasteiger partial charge in [0.15, 0.2) is 0 Å². The summed E-state index contributed by atoms with van der Waals surface area (Å²) in [6.07, 6.45) is 1.04. The zero-order valence-electron chi connectivity index (χ0n) is 17.5. The zero-order valence-corrected chi connectivity index (χ0v) is 17.5. The zero-order chi connectivity index (χ0) is 21.1. The Labute approximate surface area is 171 Å². The topological polar surface area (TPSA) is 79.5 Å². The third-order valence-corrected chi connectivity index (χ3v) is 5.31. The Morgan fingerprint density at radius 2 is 1.72 bits per heavy atom. The third kappa shape index (κ3) is 4.26. The number of aromatic amines is 1. The number of aromatic nitrogens is 1.